The van der Waals surface area contributed by atoms with Crippen molar-refractivity contribution in [2.24, 2.45) is 0 Å². The van der Waals surface area contributed by atoms with Crippen molar-refractivity contribution >= 4 is 17.9 Å². The zero-order valence-electron chi connectivity index (χ0n) is 18.4. The summed E-state index contributed by atoms with van der Waals surface area (Å²) in [6.45, 7) is 8.02. The molecule has 0 saturated carbocycles. The number of hydrogen-bond donors (Lipinski definition) is 2. The molecule has 0 fully saturated rings. The second kappa shape index (κ2) is 9.94. The fourth-order valence-corrected chi connectivity index (χ4v) is 3.51. The number of rotatable bonds is 7. The minimum atomic E-state index is -0.371. The van der Waals surface area contributed by atoms with Gasteiger partial charge in [-0.25, -0.2) is 0 Å². The second-order valence-electron chi connectivity index (χ2n) is 7.69. The van der Waals surface area contributed by atoms with Crippen LogP contribution in [0.15, 0.2) is 71.0 Å². The molecule has 0 unspecified atom stereocenters. The van der Waals surface area contributed by atoms with E-state index in [9.17, 15) is 9.59 Å². The molecular formula is C26H28N2O3. The quantitative estimate of drug-likeness (QED) is 0.517. The maximum Gasteiger partial charge on any atom is 0.268 e. The van der Waals surface area contributed by atoms with Crippen molar-refractivity contribution in [3.63, 3.8) is 0 Å². The molecule has 0 radical (unpaired) electrons. The molecule has 1 atom stereocenters. The van der Waals surface area contributed by atoms with E-state index in [0.717, 1.165) is 23.1 Å². The topological polar surface area (TPSA) is 71.3 Å². The van der Waals surface area contributed by atoms with Gasteiger partial charge in [0.1, 0.15) is 11.5 Å². The first-order chi connectivity index (χ1) is 14.9. The standard InChI is InChI=1S/C26H28N2O3/c1-5-23(22-12-11-18(3)14-19(22)4)27-26(30)24(16-21-10-7-13-31-21)28-25(29)20-9-6-8-17(2)15-20/h6-16,23H,5H2,1-4H3,(H,27,30)(H,28,29)/b24-16-/t23-/m1/s1. The lowest BCUT2D eigenvalue weighted by Crippen LogP contribution is -2.37. The molecule has 0 aliphatic heterocycles. The van der Waals surface area contributed by atoms with Gasteiger partial charge in [0.15, 0.2) is 0 Å². The highest BCUT2D eigenvalue weighted by Gasteiger charge is 2.20. The van der Waals surface area contributed by atoms with E-state index >= 15 is 0 Å². The first-order valence-corrected chi connectivity index (χ1v) is 10.4. The second-order valence-corrected chi connectivity index (χ2v) is 7.69. The number of nitrogens with one attached hydrogen (secondary N) is 2. The lowest BCUT2D eigenvalue weighted by molar-refractivity contribution is -0.118. The Labute approximate surface area is 183 Å². The van der Waals surface area contributed by atoms with Gasteiger partial charge in [-0.3, -0.25) is 9.59 Å². The highest BCUT2D eigenvalue weighted by molar-refractivity contribution is 6.05. The lowest BCUT2D eigenvalue weighted by atomic mass is 9.97. The number of carbonyl (C=O) groups is 2. The number of amides is 2. The molecule has 0 bridgehead atoms. The fraction of sp³-hybridized carbons (Fsp3) is 0.231. The molecule has 0 saturated heterocycles. The number of benzene rings is 2. The summed E-state index contributed by atoms with van der Waals surface area (Å²) in [5, 5.41) is 5.81. The normalized spacial score (nSPS) is 12.3. The van der Waals surface area contributed by atoms with E-state index in [-0.39, 0.29) is 23.6 Å². The van der Waals surface area contributed by atoms with Gasteiger partial charge in [-0.2, -0.15) is 0 Å². The first kappa shape index (κ1) is 22.1. The Kier molecular flexibility index (Phi) is 7.08. The molecule has 0 spiro atoms. The van der Waals surface area contributed by atoms with Crippen LogP contribution in [0.4, 0.5) is 0 Å². The Hall–Kier alpha value is -3.60. The molecule has 2 N–H and O–H groups in total. The molecular weight excluding hydrogens is 388 g/mol. The monoisotopic (exact) mass is 416 g/mol. The van der Waals surface area contributed by atoms with Crippen molar-refractivity contribution in [1.82, 2.24) is 10.6 Å². The maximum atomic E-state index is 13.2. The van der Waals surface area contributed by atoms with Crippen LogP contribution in [0.5, 0.6) is 0 Å². The summed E-state index contributed by atoms with van der Waals surface area (Å²) in [6.07, 6.45) is 3.78. The van der Waals surface area contributed by atoms with Crippen LogP contribution >= 0.6 is 0 Å². The highest BCUT2D eigenvalue weighted by atomic mass is 16.3. The van der Waals surface area contributed by atoms with Crippen LogP contribution in [0, 0.1) is 20.8 Å². The van der Waals surface area contributed by atoms with Crippen LogP contribution in [0.3, 0.4) is 0 Å². The molecule has 5 nitrogen and oxygen atoms in total. The molecule has 2 amide bonds. The Morgan fingerprint density at radius 2 is 1.77 bits per heavy atom. The summed E-state index contributed by atoms with van der Waals surface area (Å²) in [4.78, 5) is 26.0. The molecule has 31 heavy (non-hydrogen) atoms. The van der Waals surface area contributed by atoms with Gasteiger partial charge in [-0.15, -0.1) is 0 Å². The summed E-state index contributed by atoms with van der Waals surface area (Å²) < 4.78 is 5.36. The van der Waals surface area contributed by atoms with Gasteiger partial charge in [0.05, 0.1) is 12.3 Å². The van der Waals surface area contributed by atoms with Crippen LogP contribution in [-0.2, 0) is 4.79 Å². The zero-order chi connectivity index (χ0) is 22.4. The molecule has 0 aliphatic carbocycles. The third-order valence-electron chi connectivity index (χ3n) is 5.12. The van der Waals surface area contributed by atoms with Gasteiger partial charge >= 0.3 is 0 Å². The molecule has 5 heteroatoms. The molecule has 3 rings (SSSR count). The van der Waals surface area contributed by atoms with Gasteiger partial charge in [-0.05, 0) is 62.6 Å². The van der Waals surface area contributed by atoms with Crippen molar-refractivity contribution in [1.29, 1.82) is 0 Å². The summed E-state index contributed by atoms with van der Waals surface area (Å²) in [6, 6.07) is 16.7. The fourth-order valence-electron chi connectivity index (χ4n) is 3.51. The predicted octanol–water partition coefficient (Wildman–Crippen LogP) is 5.24. The first-order valence-electron chi connectivity index (χ1n) is 10.4. The van der Waals surface area contributed by atoms with Crippen molar-refractivity contribution < 1.29 is 14.0 Å². The molecule has 1 heterocycles. The Morgan fingerprint density at radius 3 is 2.42 bits per heavy atom. The van der Waals surface area contributed by atoms with E-state index in [4.69, 9.17) is 4.42 Å². The van der Waals surface area contributed by atoms with Crippen molar-refractivity contribution in [2.75, 3.05) is 0 Å². The van der Waals surface area contributed by atoms with Crippen molar-refractivity contribution in [2.45, 2.75) is 40.2 Å². The number of aryl methyl sites for hydroxylation is 3. The molecule has 1 aromatic heterocycles. The van der Waals surface area contributed by atoms with E-state index in [1.807, 2.05) is 52.0 Å². The average Bonchev–Trinajstić information content (AvgIpc) is 3.25. The minimum Gasteiger partial charge on any atom is -0.465 e. The van der Waals surface area contributed by atoms with Crippen LogP contribution in [0.1, 0.15) is 57.8 Å². The van der Waals surface area contributed by atoms with Crippen molar-refractivity contribution in [3.05, 3.63) is 100 Å². The molecule has 0 aliphatic rings. The summed E-state index contributed by atoms with van der Waals surface area (Å²) in [7, 11) is 0. The third-order valence-corrected chi connectivity index (χ3v) is 5.12. The summed E-state index contributed by atoms with van der Waals surface area (Å²) in [5.41, 5.74) is 4.93. The largest absolute Gasteiger partial charge is 0.465 e. The maximum absolute atomic E-state index is 13.2. The van der Waals surface area contributed by atoms with E-state index in [1.54, 1.807) is 24.3 Å². The van der Waals surface area contributed by atoms with E-state index in [2.05, 4.69) is 16.7 Å². The summed E-state index contributed by atoms with van der Waals surface area (Å²) >= 11 is 0. The molecule has 160 valence electrons. The molecule has 3 aromatic rings. The smallest absolute Gasteiger partial charge is 0.268 e. The molecule has 2 aromatic carbocycles. The summed E-state index contributed by atoms with van der Waals surface area (Å²) in [5.74, 6) is -0.241. The number of hydrogen-bond acceptors (Lipinski definition) is 3. The van der Waals surface area contributed by atoms with E-state index in [0.29, 0.717) is 11.3 Å². The van der Waals surface area contributed by atoms with E-state index < -0.39 is 0 Å². The predicted molar refractivity (Wildman–Crippen MR) is 122 cm³/mol. The average molecular weight is 417 g/mol. The minimum absolute atomic E-state index is 0.129. The van der Waals surface area contributed by atoms with E-state index in [1.165, 1.54) is 17.9 Å². The Balaban J connectivity index is 1.86. The Morgan fingerprint density at radius 1 is 1.00 bits per heavy atom. The Bertz CT molecular complexity index is 1100. The highest BCUT2D eigenvalue weighted by Crippen LogP contribution is 2.22. The van der Waals surface area contributed by atoms with Gasteiger partial charge in [0.25, 0.3) is 11.8 Å². The van der Waals surface area contributed by atoms with Gasteiger partial charge < -0.3 is 15.1 Å². The van der Waals surface area contributed by atoms with Crippen LogP contribution < -0.4 is 10.6 Å². The third kappa shape index (κ3) is 5.72. The van der Waals surface area contributed by atoms with Crippen LogP contribution in [0.2, 0.25) is 0 Å². The number of carbonyl (C=O) groups excluding carboxylic acids is 2. The van der Waals surface area contributed by atoms with Crippen LogP contribution in [0.25, 0.3) is 6.08 Å². The number of furan rings is 1. The zero-order valence-corrected chi connectivity index (χ0v) is 18.4. The van der Waals surface area contributed by atoms with Gasteiger partial charge in [0.2, 0.25) is 0 Å². The lowest BCUT2D eigenvalue weighted by Gasteiger charge is -2.21. The van der Waals surface area contributed by atoms with Gasteiger partial charge in [-0.1, -0.05) is 48.4 Å². The SMILES string of the molecule is CC[C@@H](NC(=O)/C(=C/c1ccco1)NC(=O)c1cccc(C)c1)c1ccc(C)cc1C. The van der Waals surface area contributed by atoms with Gasteiger partial charge in [0, 0.05) is 11.6 Å². The van der Waals surface area contributed by atoms with Crippen molar-refractivity contribution in [3.8, 4) is 0 Å². The van der Waals surface area contributed by atoms with Crippen LogP contribution in [-0.4, -0.2) is 11.8 Å².